The molecule has 0 heterocycles. The van der Waals surface area contributed by atoms with Crippen LogP contribution < -0.4 is 0 Å². The Balaban J connectivity index is 0. The van der Waals surface area contributed by atoms with E-state index in [1.54, 1.807) is 6.08 Å². The lowest BCUT2D eigenvalue weighted by Crippen LogP contribution is -1.74. The van der Waals surface area contributed by atoms with Gasteiger partial charge in [-0.25, -0.2) is 0 Å². The van der Waals surface area contributed by atoms with Gasteiger partial charge in [0.1, 0.15) is 0 Å². The van der Waals surface area contributed by atoms with E-state index in [-0.39, 0.29) is 0 Å². The first-order valence-corrected chi connectivity index (χ1v) is 4.29. The van der Waals surface area contributed by atoms with Crippen LogP contribution in [0.2, 0.25) is 0 Å². The van der Waals surface area contributed by atoms with Gasteiger partial charge in [0.15, 0.2) is 0 Å². The molecule has 0 aromatic carbocycles. The summed E-state index contributed by atoms with van der Waals surface area (Å²) in [5.74, 6) is 0. The highest BCUT2D eigenvalue weighted by Crippen LogP contribution is 2.20. The number of hydrogen-bond donors (Lipinski definition) is 1. The van der Waals surface area contributed by atoms with Crippen LogP contribution in [0.5, 0.6) is 0 Å². The molecule has 64 valence electrons. The first kappa shape index (κ1) is 13.4. The molecule has 11 heavy (non-hydrogen) atoms. The monoisotopic (exact) mass is 190 g/mol. The van der Waals surface area contributed by atoms with Gasteiger partial charge in [0.25, 0.3) is 0 Å². The van der Waals surface area contributed by atoms with Gasteiger partial charge in [0.2, 0.25) is 0 Å². The topological polar surface area (TPSA) is 0 Å². The maximum absolute atomic E-state index is 5.53. The highest BCUT2D eigenvalue weighted by atomic mass is 35.5. The molecule has 0 N–H and O–H groups in total. The Morgan fingerprint density at radius 1 is 1.45 bits per heavy atom. The number of allylic oxidation sites excluding steroid dienone is 3. The van der Waals surface area contributed by atoms with Crippen LogP contribution in [0.3, 0.4) is 0 Å². The van der Waals surface area contributed by atoms with Crippen LogP contribution >= 0.6 is 24.2 Å². The molecule has 0 aromatic rings. The minimum atomic E-state index is 0.454. The third kappa shape index (κ3) is 6.27. The Morgan fingerprint density at radius 3 is 1.91 bits per heavy atom. The summed E-state index contributed by atoms with van der Waals surface area (Å²) in [4.78, 5) is 0.701. The minimum absolute atomic E-state index is 0.454. The second kappa shape index (κ2) is 7.96. The van der Waals surface area contributed by atoms with Gasteiger partial charge in [-0.15, -0.1) is 12.6 Å². The Hall–Kier alpha value is -0.140. The molecule has 0 amide bonds. The smallest absolute Gasteiger partial charge is 0.0470 e. The summed E-state index contributed by atoms with van der Waals surface area (Å²) in [6.45, 7) is 12.9. The van der Waals surface area contributed by atoms with Gasteiger partial charge in [0, 0.05) is 9.94 Å². The van der Waals surface area contributed by atoms with E-state index in [1.807, 2.05) is 20.8 Å². The largest absolute Gasteiger partial charge is 0.142 e. The zero-order valence-corrected chi connectivity index (χ0v) is 8.97. The van der Waals surface area contributed by atoms with Crippen molar-refractivity contribution in [3.05, 3.63) is 34.7 Å². The standard InChI is InChI=1S/C7H9ClS.C2H6/c1-4-5(2)7(9)6(3)8;1-2/h4,9H,1,3H2,2H3;1-2H3/b7-5+;. The average Bonchev–Trinajstić information content (AvgIpc) is 2.05. The summed E-state index contributed by atoms with van der Waals surface area (Å²) in [6.07, 6.45) is 1.69. The molecule has 0 aliphatic carbocycles. The van der Waals surface area contributed by atoms with Gasteiger partial charge in [-0.2, -0.15) is 0 Å². The van der Waals surface area contributed by atoms with E-state index in [0.29, 0.717) is 9.94 Å². The number of rotatable bonds is 2. The lowest BCUT2D eigenvalue weighted by atomic mass is 10.3. The summed E-state index contributed by atoms with van der Waals surface area (Å²) in [5.41, 5.74) is 0.943. The van der Waals surface area contributed by atoms with Gasteiger partial charge in [0.05, 0.1) is 0 Å². The van der Waals surface area contributed by atoms with Crippen molar-refractivity contribution in [1.82, 2.24) is 0 Å². The molecule has 0 bridgehead atoms. The molecule has 0 fully saturated rings. The molecule has 0 unspecified atom stereocenters. The normalized spacial score (nSPS) is 10.6. The maximum Gasteiger partial charge on any atom is 0.0470 e. The SMILES string of the molecule is C=C/C(C)=C(/S)C(=C)Cl.CC. The minimum Gasteiger partial charge on any atom is -0.142 e. The van der Waals surface area contributed by atoms with Gasteiger partial charge in [-0.3, -0.25) is 0 Å². The average molecular weight is 191 g/mol. The lowest BCUT2D eigenvalue weighted by molar-refractivity contribution is 1.50. The van der Waals surface area contributed by atoms with Crippen LogP contribution in [0, 0.1) is 0 Å². The van der Waals surface area contributed by atoms with Crippen LogP contribution in [0.4, 0.5) is 0 Å². The Morgan fingerprint density at radius 2 is 1.82 bits per heavy atom. The molecule has 0 aromatic heterocycles. The first-order valence-electron chi connectivity index (χ1n) is 3.46. The zero-order valence-electron chi connectivity index (χ0n) is 7.32. The van der Waals surface area contributed by atoms with Crippen molar-refractivity contribution in [2.75, 3.05) is 0 Å². The Bertz CT molecular complexity index is 168. The van der Waals surface area contributed by atoms with E-state index in [4.69, 9.17) is 11.6 Å². The molecule has 0 nitrogen and oxygen atoms in total. The van der Waals surface area contributed by atoms with E-state index in [2.05, 4.69) is 25.8 Å². The van der Waals surface area contributed by atoms with Gasteiger partial charge in [-0.1, -0.05) is 44.7 Å². The van der Waals surface area contributed by atoms with E-state index >= 15 is 0 Å². The van der Waals surface area contributed by atoms with Crippen molar-refractivity contribution < 1.29 is 0 Å². The fourth-order valence-corrected chi connectivity index (χ4v) is 0.551. The van der Waals surface area contributed by atoms with E-state index in [9.17, 15) is 0 Å². The Labute approximate surface area is 80.1 Å². The lowest BCUT2D eigenvalue weighted by Gasteiger charge is -1.97. The second-order valence-electron chi connectivity index (χ2n) is 1.64. The highest BCUT2D eigenvalue weighted by molar-refractivity contribution is 7.85. The zero-order chi connectivity index (χ0) is 9.44. The van der Waals surface area contributed by atoms with Crippen molar-refractivity contribution in [3.63, 3.8) is 0 Å². The molecule has 0 saturated heterocycles. The van der Waals surface area contributed by atoms with E-state index < -0.39 is 0 Å². The quantitative estimate of drug-likeness (QED) is 0.491. The molecule has 0 atom stereocenters. The third-order valence-corrected chi connectivity index (χ3v) is 1.88. The van der Waals surface area contributed by atoms with E-state index in [0.717, 1.165) is 5.57 Å². The molecule has 0 aliphatic rings. The van der Waals surface area contributed by atoms with Crippen molar-refractivity contribution in [2.24, 2.45) is 0 Å². The van der Waals surface area contributed by atoms with Gasteiger partial charge >= 0.3 is 0 Å². The molecule has 0 spiro atoms. The van der Waals surface area contributed by atoms with Gasteiger partial charge in [-0.05, 0) is 12.5 Å². The van der Waals surface area contributed by atoms with E-state index in [1.165, 1.54) is 0 Å². The van der Waals surface area contributed by atoms with Crippen molar-refractivity contribution >= 4 is 24.2 Å². The number of hydrogen-bond acceptors (Lipinski definition) is 1. The predicted octanol–water partition coefficient (Wildman–Crippen LogP) is 4.15. The summed E-state index contributed by atoms with van der Waals surface area (Å²) in [7, 11) is 0. The summed E-state index contributed by atoms with van der Waals surface area (Å²) < 4.78 is 0. The third-order valence-electron chi connectivity index (χ3n) is 0.937. The highest BCUT2D eigenvalue weighted by Gasteiger charge is 1.94. The summed E-state index contributed by atoms with van der Waals surface area (Å²) in [5, 5.41) is 0.454. The molecular weight excluding hydrogens is 176 g/mol. The second-order valence-corrected chi connectivity index (χ2v) is 2.54. The molecule has 0 radical (unpaired) electrons. The van der Waals surface area contributed by atoms with Crippen molar-refractivity contribution in [3.8, 4) is 0 Å². The molecule has 0 aliphatic heterocycles. The molecule has 0 rings (SSSR count). The summed E-state index contributed by atoms with van der Waals surface area (Å²) in [6, 6.07) is 0. The Kier molecular flexibility index (Phi) is 9.73. The van der Waals surface area contributed by atoms with Crippen LogP contribution in [0.1, 0.15) is 20.8 Å². The summed E-state index contributed by atoms with van der Waals surface area (Å²) >= 11 is 9.60. The fraction of sp³-hybridized carbons (Fsp3) is 0.333. The predicted molar refractivity (Wildman–Crippen MR) is 58.2 cm³/mol. The van der Waals surface area contributed by atoms with Crippen molar-refractivity contribution in [1.29, 1.82) is 0 Å². The molecule has 2 heteroatoms. The van der Waals surface area contributed by atoms with Crippen LogP contribution in [0.15, 0.2) is 34.7 Å². The fourth-order valence-electron chi connectivity index (χ4n) is 0.311. The van der Waals surface area contributed by atoms with Crippen LogP contribution in [0.25, 0.3) is 0 Å². The van der Waals surface area contributed by atoms with Crippen molar-refractivity contribution in [2.45, 2.75) is 20.8 Å². The van der Waals surface area contributed by atoms with Crippen LogP contribution in [-0.2, 0) is 0 Å². The molecule has 0 saturated carbocycles. The first-order chi connectivity index (χ1) is 5.09. The number of thiol groups is 1. The molecular formula is C9H15ClS. The van der Waals surface area contributed by atoms with Gasteiger partial charge < -0.3 is 0 Å². The maximum atomic E-state index is 5.53. The number of halogens is 1. The van der Waals surface area contributed by atoms with Crippen LogP contribution in [-0.4, -0.2) is 0 Å².